The molecule has 110 valence electrons. The zero-order valence-electron chi connectivity index (χ0n) is 12.1. The van der Waals surface area contributed by atoms with Crippen LogP contribution in [0, 0.1) is 0 Å². The Kier molecular flexibility index (Phi) is 5.28. The van der Waals surface area contributed by atoms with Gasteiger partial charge in [-0.2, -0.15) is 0 Å². The summed E-state index contributed by atoms with van der Waals surface area (Å²) >= 11 is 1.64. The highest BCUT2D eigenvalue weighted by Gasteiger charge is 2.09. The molecule has 0 aliphatic rings. The molecule has 4 heteroatoms. The predicted octanol–water partition coefficient (Wildman–Crippen LogP) is 4.04. The smallest absolute Gasteiger partial charge is 0.307 e. The maximum Gasteiger partial charge on any atom is 0.307 e. The van der Waals surface area contributed by atoms with Crippen LogP contribution in [0.2, 0.25) is 0 Å². The summed E-state index contributed by atoms with van der Waals surface area (Å²) in [5, 5.41) is 8.88. The molecule has 0 bridgehead atoms. The van der Waals surface area contributed by atoms with Crippen molar-refractivity contribution in [2.24, 2.45) is 0 Å². The summed E-state index contributed by atoms with van der Waals surface area (Å²) in [5.41, 5.74) is 2.00. The minimum absolute atomic E-state index is 0.0285. The molecule has 0 aliphatic carbocycles. The van der Waals surface area contributed by atoms with E-state index in [1.165, 1.54) is 5.56 Å². The van der Waals surface area contributed by atoms with E-state index in [0.29, 0.717) is 11.3 Å². The first-order chi connectivity index (χ1) is 10.1. The number of rotatable bonds is 6. The molecule has 0 fully saturated rings. The topological polar surface area (TPSA) is 46.5 Å². The number of carboxylic acid groups (broad SMARTS) is 1. The van der Waals surface area contributed by atoms with Crippen LogP contribution in [0.15, 0.2) is 52.3 Å². The fraction of sp³-hybridized carbons (Fsp3) is 0.235. The predicted molar refractivity (Wildman–Crippen MR) is 84.3 cm³/mol. The van der Waals surface area contributed by atoms with E-state index < -0.39 is 5.97 Å². The Hall–Kier alpha value is -1.94. The minimum atomic E-state index is -0.858. The van der Waals surface area contributed by atoms with E-state index in [1.807, 2.05) is 18.2 Å². The van der Waals surface area contributed by atoms with Crippen molar-refractivity contribution in [3.63, 3.8) is 0 Å². The first-order valence-corrected chi connectivity index (χ1v) is 7.59. The summed E-state index contributed by atoms with van der Waals surface area (Å²) in [7, 11) is 1.56. The zero-order chi connectivity index (χ0) is 15.2. The highest BCUT2D eigenvalue weighted by atomic mass is 32.2. The number of aryl methyl sites for hydroxylation is 1. The zero-order valence-corrected chi connectivity index (χ0v) is 12.9. The summed E-state index contributed by atoms with van der Waals surface area (Å²) in [6.45, 7) is 2.13. The van der Waals surface area contributed by atoms with Crippen LogP contribution >= 0.6 is 11.8 Å². The molecule has 0 radical (unpaired) electrons. The Balaban J connectivity index is 2.17. The molecule has 0 saturated carbocycles. The standard InChI is InChI=1S/C17H18O3S/c1-3-12-4-7-14(8-5-12)21-15-9-6-13(10-17(18)19)16(11-15)20-2/h4-9,11H,3,10H2,1-2H3,(H,18,19). The van der Waals surface area contributed by atoms with Crippen LogP contribution < -0.4 is 4.74 Å². The molecule has 0 spiro atoms. The van der Waals surface area contributed by atoms with Gasteiger partial charge in [0.05, 0.1) is 13.5 Å². The van der Waals surface area contributed by atoms with Crippen LogP contribution in [0.25, 0.3) is 0 Å². The lowest BCUT2D eigenvalue weighted by atomic mass is 10.1. The second kappa shape index (κ2) is 7.18. The van der Waals surface area contributed by atoms with Gasteiger partial charge < -0.3 is 9.84 Å². The molecule has 2 aromatic carbocycles. The number of aliphatic carboxylic acids is 1. The normalized spacial score (nSPS) is 10.4. The SMILES string of the molecule is CCc1ccc(Sc2ccc(CC(=O)O)c(OC)c2)cc1. The highest BCUT2D eigenvalue weighted by molar-refractivity contribution is 7.99. The summed E-state index contributed by atoms with van der Waals surface area (Å²) in [6.07, 6.45) is 1.00. The van der Waals surface area contributed by atoms with E-state index in [4.69, 9.17) is 9.84 Å². The summed E-state index contributed by atoms with van der Waals surface area (Å²) in [5.74, 6) is -0.239. The minimum Gasteiger partial charge on any atom is -0.496 e. The molecule has 0 aromatic heterocycles. The van der Waals surface area contributed by atoms with E-state index in [0.717, 1.165) is 16.2 Å². The maximum absolute atomic E-state index is 10.8. The van der Waals surface area contributed by atoms with E-state index in [-0.39, 0.29) is 6.42 Å². The van der Waals surface area contributed by atoms with Gasteiger partial charge in [0.1, 0.15) is 5.75 Å². The average Bonchev–Trinajstić information content (AvgIpc) is 2.49. The van der Waals surface area contributed by atoms with Gasteiger partial charge in [0.2, 0.25) is 0 Å². The highest BCUT2D eigenvalue weighted by Crippen LogP contribution is 2.32. The second-order valence-corrected chi connectivity index (χ2v) is 5.79. The van der Waals surface area contributed by atoms with E-state index in [2.05, 4.69) is 31.2 Å². The van der Waals surface area contributed by atoms with Crippen molar-refractivity contribution in [2.75, 3.05) is 7.11 Å². The molecular weight excluding hydrogens is 284 g/mol. The first kappa shape index (κ1) is 15.4. The second-order valence-electron chi connectivity index (χ2n) is 4.64. The molecule has 0 atom stereocenters. The third-order valence-corrected chi connectivity index (χ3v) is 4.17. The lowest BCUT2D eigenvalue weighted by Gasteiger charge is -2.09. The molecule has 3 nitrogen and oxygen atoms in total. The number of benzene rings is 2. The van der Waals surface area contributed by atoms with Gasteiger partial charge in [-0.1, -0.05) is 36.9 Å². The molecule has 2 aromatic rings. The fourth-order valence-electron chi connectivity index (χ4n) is 2.03. The Bertz CT molecular complexity index is 620. The quantitative estimate of drug-likeness (QED) is 0.875. The summed E-state index contributed by atoms with van der Waals surface area (Å²) < 4.78 is 5.28. The summed E-state index contributed by atoms with van der Waals surface area (Å²) in [6, 6.07) is 14.1. The molecular formula is C17H18O3S. The van der Waals surface area contributed by atoms with Gasteiger partial charge in [-0.25, -0.2) is 0 Å². The lowest BCUT2D eigenvalue weighted by molar-refractivity contribution is -0.136. The van der Waals surface area contributed by atoms with Crippen LogP contribution in [0.1, 0.15) is 18.1 Å². The van der Waals surface area contributed by atoms with Crippen LogP contribution in [0.4, 0.5) is 0 Å². The molecule has 1 N–H and O–H groups in total. The van der Waals surface area contributed by atoms with Gasteiger partial charge in [-0.05, 0) is 36.2 Å². The molecule has 0 saturated heterocycles. The Labute approximate surface area is 129 Å². The molecule has 0 unspecified atom stereocenters. The summed E-state index contributed by atoms with van der Waals surface area (Å²) in [4.78, 5) is 13.0. The van der Waals surface area contributed by atoms with Gasteiger partial charge in [-0.15, -0.1) is 0 Å². The van der Waals surface area contributed by atoms with Crippen LogP contribution in [0.3, 0.4) is 0 Å². The fourth-order valence-corrected chi connectivity index (χ4v) is 2.87. The van der Waals surface area contributed by atoms with Crippen molar-refractivity contribution in [3.8, 4) is 5.75 Å². The number of hydrogen-bond acceptors (Lipinski definition) is 3. The van der Waals surface area contributed by atoms with Crippen molar-refractivity contribution in [1.29, 1.82) is 0 Å². The number of carboxylic acids is 1. The van der Waals surface area contributed by atoms with Gasteiger partial charge in [-0.3, -0.25) is 4.79 Å². The Morgan fingerprint density at radius 3 is 2.38 bits per heavy atom. The lowest BCUT2D eigenvalue weighted by Crippen LogP contribution is -2.02. The number of hydrogen-bond donors (Lipinski definition) is 1. The molecule has 0 amide bonds. The molecule has 0 aliphatic heterocycles. The van der Waals surface area contributed by atoms with Gasteiger partial charge in [0.25, 0.3) is 0 Å². The van der Waals surface area contributed by atoms with E-state index in [9.17, 15) is 4.79 Å². The van der Waals surface area contributed by atoms with Crippen LogP contribution in [0.5, 0.6) is 5.75 Å². The monoisotopic (exact) mass is 302 g/mol. The average molecular weight is 302 g/mol. The van der Waals surface area contributed by atoms with Gasteiger partial charge in [0, 0.05) is 15.4 Å². The van der Waals surface area contributed by atoms with Crippen molar-refractivity contribution >= 4 is 17.7 Å². The van der Waals surface area contributed by atoms with Crippen LogP contribution in [-0.4, -0.2) is 18.2 Å². The van der Waals surface area contributed by atoms with Crippen molar-refractivity contribution < 1.29 is 14.6 Å². The van der Waals surface area contributed by atoms with Crippen molar-refractivity contribution in [2.45, 2.75) is 29.6 Å². The van der Waals surface area contributed by atoms with Gasteiger partial charge >= 0.3 is 5.97 Å². The largest absolute Gasteiger partial charge is 0.496 e. The number of ether oxygens (including phenoxy) is 1. The third kappa shape index (κ3) is 4.26. The number of carbonyl (C=O) groups is 1. The maximum atomic E-state index is 10.8. The van der Waals surface area contributed by atoms with Crippen molar-refractivity contribution in [3.05, 3.63) is 53.6 Å². The third-order valence-electron chi connectivity index (χ3n) is 3.17. The Morgan fingerprint density at radius 1 is 1.14 bits per heavy atom. The van der Waals surface area contributed by atoms with E-state index >= 15 is 0 Å². The van der Waals surface area contributed by atoms with E-state index in [1.54, 1.807) is 18.9 Å². The number of methoxy groups -OCH3 is 1. The molecule has 0 heterocycles. The van der Waals surface area contributed by atoms with Crippen molar-refractivity contribution in [1.82, 2.24) is 0 Å². The Morgan fingerprint density at radius 2 is 1.81 bits per heavy atom. The van der Waals surface area contributed by atoms with Crippen LogP contribution in [-0.2, 0) is 17.6 Å². The molecule has 2 rings (SSSR count). The van der Waals surface area contributed by atoms with Gasteiger partial charge in [0.15, 0.2) is 0 Å². The first-order valence-electron chi connectivity index (χ1n) is 6.78. The molecule has 21 heavy (non-hydrogen) atoms.